The van der Waals surface area contributed by atoms with E-state index in [-0.39, 0.29) is 12.5 Å². The lowest BCUT2D eigenvalue weighted by atomic mass is 10.0. The number of nitrogens with one attached hydrogen (secondary N) is 1. The lowest BCUT2D eigenvalue weighted by Gasteiger charge is -2.29. The second kappa shape index (κ2) is 46.8. The maximum Gasteiger partial charge on any atom is 0.268 e. The highest BCUT2D eigenvalue weighted by atomic mass is 31.2. The van der Waals surface area contributed by atoms with Crippen LogP contribution in [0.5, 0.6) is 0 Å². The van der Waals surface area contributed by atoms with E-state index in [0.29, 0.717) is 17.4 Å². The monoisotopic (exact) mass is 929 g/mol. The third-order valence-electron chi connectivity index (χ3n) is 11.3. The summed E-state index contributed by atoms with van der Waals surface area (Å²) in [6, 6.07) is -0.914. The van der Waals surface area contributed by atoms with Crippen LogP contribution >= 0.6 is 7.82 Å². The highest BCUT2D eigenvalue weighted by Crippen LogP contribution is 2.38. The number of hydrogen-bond donors (Lipinski definition) is 2. The molecule has 8 nitrogen and oxygen atoms in total. The Bertz CT molecular complexity index is 1330. The summed E-state index contributed by atoms with van der Waals surface area (Å²) < 4.78 is 23.3. The summed E-state index contributed by atoms with van der Waals surface area (Å²) in [6.45, 7) is 4.49. The van der Waals surface area contributed by atoms with E-state index in [9.17, 15) is 19.4 Å². The number of phosphoric acid groups is 1. The van der Waals surface area contributed by atoms with Gasteiger partial charge < -0.3 is 28.8 Å². The maximum atomic E-state index is 12.9. The number of carbonyl (C=O) groups excluding carboxylic acids is 1. The molecule has 0 saturated heterocycles. The number of phosphoric ester groups is 1. The zero-order chi connectivity index (χ0) is 47.8. The Labute approximate surface area is 401 Å². The molecule has 0 heterocycles. The summed E-state index contributed by atoms with van der Waals surface area (Å²) in [6.07, 6.45) is 65.1. The van der Waals surface area contributed by atoms with E-state index < -0.39 is 26.6 Å². The molecular formula is C56H101N2O6P. The molecule has 3 unspecified atom stereocenters. The van der Waals surface area contributed by atoms with Gasteiger partial charge in [-0.3, -0.25) is 9.36 Å². The molecule has 65 heavy (non-hydrogen) atoms. The molecule has 0 aliphatic rings. The molecule has 0 aromatic heterocycles. The topological polar surface area (TPSA) is 108 Å². The number of amides is 1. The molecule has 2 N–H and O–H groups in total. The Morgan fingerprint density at radius 2 is 0.954 bits per heavy atom. The van der Waals surface area contributed by atoms with Crippen LogP contribution in [0.25, 0.3) is 0 Å². The van der Waals surface area contributed by atoms with Crippen molar-refractivity contribution in [2.45, 2.75) is 225 Å². The lowest BCUT2D eigenvalue weighted by Crippen LogP contribution is -2.45. The molecule has 0 rings (SSSR count). The van der Waals surface area contributed by atoms with Crippen molar-refractivity contribution in [1.29, 1.82) is 0 Å². The Kier molecular flexibility index (Phi) is 45.1. The van der Waals surface area contributed by atoms with Crippen LogP contribution in [0.3, 0.4) is 0 Å². The number of aliphatic hydroxyl groups excluding tert-OH is 1. The third kappa shape index (κ3) is 49.4. The normalized spacial score (nSPS) is 14.8. The van der Waals surface area contributed by atoms with Crippen LogP contribution in [-0.4, -0.2) is 68.5 Å². The maximum absolute atomic E-state index is 12.9. The highest BCUT2D eigenvalue weighted by molar-refractivity contribution is 7.45. The number of nitrogens with zero attached hydrogens (tertiary/aromatic N) is 1. The molecule has 0 fully saturated rings. The molecule has 0 bridgehead atoms. The molecule has 1 amide bonds. The summed E-state index contributed by atoms with van der Waals surface area (Å²) in [5.41, 5.74) is 0. The van der Waals surface area contributed by atoms with Crippen molar-refractivity contribution < 1.29 is 32.9 Å². The number of hydrogen-bond acceptors (Lipinski definition) is 6. The van der Waals surface area contributed by atoms with Gasteiger partial charge in [-0.2, -0.15) is 0 Å². The summed E-state index contributed by atoms with van der Waals surface area (Å²) in [5.74, 6) is -0.215. The Morgan fingerprint density at radius 3 is 1.43 bits per heavy atom. The molecule has 0 aliphatic heterocycles. The second-order valence-corrected chi connectivity index (χ2v) is 20.2. The lowest BCUT2D eigenvalue weighted by molar-refractivity contribution is -0.870. The van der Waals surface area contributed by atoms with Gasteiger partial charge in [-0.25, -0.2) is 0 Å². The first-order valence-electron chi connectivity index (χ1n) is 26.4. The number of rotatable bonds is 47. The smallest absolute Gasteiger partial charge is 0.268 e. The van der Waals surface area contributed by atoms with Crippen LogP contribution in [0.4, 0.5) is 0 Å². The van der Waals surface area contributed by atoms with Gasteiger partial charge in [0, 0.05) is 6.42 Å². The Morgan fingerprint density at radius 1 is 0.554 bits per heavy atom. The second-order valence-electron chi connectivity index (χ2n) is 18.8. The fraction of sp³-hybridized carbons (Fsp3) is 0.732. The Balaban J connectivity index is 4.27. The van der Waals surface area contributed by atoms with Gasteiger partial charge in [-0.15, -0.1) is 0 Å². The van der Waals surface area contributed by atoms with E-state index in [1.165, 1.54) is 122 Å². The quantitative estimate of drug-likeness (QED) is 0.0272. The van der Waals surface area contributed by atoms with Crippen LogP contribution in [0, 0.1) is 0 Å². The molecule has 0 aromatic carbocycles. The number of quaternary nitrogens is 1. The molecule has 0 radical (unpaired) electrons. The number of unbranched alkanes of at least 4 members (excludes halogenated alkanes) is 22. The molecule has 376 valence electrons. The minimum absolute atomic E-state index is 0.0122. The number of allylic oxidation sites excluding steroid dienone is 13. The molecule has 0 aliphatic carbocycles. The highest BCUT2D eigenvalue weighted by Gasteiger charge is 2.23. The number of carbonyl (C=O) groups is 1. The van der Waals surface area contributed by atoms with Crippen LogP contribution < -0.4 is 10.2 Å². The largest absolute Gasteiger partial charge is 0.756 e. The molecule has 9 heteroatoms. The van der Waals surface area contributed by atoms with Gasteiger partial charge in [-0.05, 0) is 83.5 Å². The van der Waals surface area contributed by atoms with Gasteiger partial charge in [-0.1, -0.05) is 208 Å². The molecule has 0 spiro atoms. The summed E-state index contributed by atoms with van der Waals surface area (Å²) in [5, 5.41) is 13.8. The van der Waals surface area contributed by atoms with Crippen molar-refractivity contribution >= 4 is 13.7 Å². The van der Waals surface area contributed by atoms with Crippen LogP contribution in [0.15, 0.2) is 85.1 Å². The van der Waals surface area contributed by atoms with Gasteiger partial charge in [0.05, 0.1) is 39.9 Å². The van der Waals surface area contributed by atoms with Crippen LogP contribution in [-0.2, 0) is 18.4 Å². The Hall–Kier alpha value is -2.32. The average molecular weight is 929 g/mol. The van der Waals surface area contributed by atoms with Crippen molar-refractivity contribution in [3.05, 3.63) is 85.1 Å². The van der Waals surface area contributed by atoms with E-state index in [0.717, 1.165) is 70.6 Å². The van der Waals surface area contributed by atoms with E-state index in [2.05, 4.69) is 92.1 Å². The van der Waals surface area contributed by atoms with Crippen molar-refractivity contribution in [3.63, 3.8) is 0 Å². The third-order valence-corrected chi connectivity index (χ3v) is 12.3. The van der Waals surface area contributed by atoms with E-state index in [1.54, 1.807) is 6.08 Å². The first-order valence-corrected chi connectivity index (χ1v) is 27.9. The van der Waals surface area contributed by atoms with Gasteiger partial charge in [0.1, 0.15) is 13.2 Å². The minimum atomic E-state index is -4.61. The average Bonchev–Trinajstić information content (AvgIpc) is 3.26. The zero-order valence-corrected chi connectivity index (χ0v) is 43.6. The van der Waals surface area contributed by atoms with Crippen LogP contribution in [0.2, 0.25) is 0 Å². The van der Waals surface area contributed by atoms with E-state index >= 15 is 0 Å². The summed E-state index contributed by atoms with van der Waals surface area (Å²) in [7, 11) is 1.23. The minimum Gasteiger partial charge on any atom is -0.756 e. The number of likely N-dealkylation sites (N-methyl/N-ethyl adjacent to an activating group) is 1. The van der Waals surface area contributed by atoms with Crippen LogP contribution in [0.1, 0.15) is 213 Å². The SMILES string of the molecule is CC/C=C\C/C=C\C/C=C\C/C=C\CCCCCCCCCCCCCCCCC(=O)NC(COP(=O)([O-])OCC[N+](C)(C)C)C(O)/C=C/CC/C=C/CC/C=C/CCCCCCCC. The van der Waals surface area contributed by atoms with Gasteiger partial charge >= 0.3 is 0 Å². The van der Waals surface area contributed by atoms with Crippen molar-refractivity contribution in [3.8, 4) is 0 Å². The number of aliphatic hydroxyl groups is 1. The summed E-state index contributed by atoms with van der Waals surface area (Å²) >= 11 is 0. The zero-order valence-electron chi connectivity index (χ0n) is 42.7. The standard InChI is InChI=1S/C56H101N2O6P/c1-6-8-10-12-14-16-18-20-22-24-25-26-27-28-29-30-31-32-33-34-36-38-40-42-44-46-48-50-56(60)57-54(53-64-65(61,62)63-52-51-58(3,4)5)55(59)49-47-45-43-41-39-37-35-23-21-19-17-15-13-11-9-7-2/h8,10,14,16,20-23,25-26,39,41,47,49,54-55,59H,6-7,9,11-13,15,17-19,24,27-38,40,42-46,48,50-53H2,1-5H3,(H-,57,60,61,62)/b10-8-,16-14-,22-20-,23-21+,26-25-,41-39+,49-47+. The van der Waals surface area contributed by atoms with Crippen molar-refractivity contribution in [2.24, 2.45) is 0 Å². The first kappa shape index (κ1) is 62.7. The molecular weight excluding hydrogens is 828 g/mol. The predicted molar refractivity (Wildman–Crippen MR) is 279 cm³/mol. The van der Waals surface area contributed by atoms with Gasteiger partial charge in [0.2, 0.25) is 5.91 Å². The molecule has 0 aromatic rings. The van der Waals surface area contributed by atoms with E-state index in [4.69, 9.17) is 9.05 Å². The summed E-state index contributed by atoms with van der Waals surface area (Å²) in [4.78, 5) is 25.4. The fourth-order valence-electron chi connectivity index (χ4n) is 7.18. The molecule has 3 atom stereocenters. The van der Waals surface area contributed by atoms with E-state index in [1.807, 2.05) is 27.2 Å². The fourth-order valence-corrected chi connectivity index (χ4v) is 7.90. The van der Waals surface area contributed by atoms with Gasteiger partial charge in [0.25, 0.3) is 7.82 Å². The first-order chi connectivity index (χ1) is 31.5. The molecule has 0 saturated carbocycles. The van der Waals surface area contributed by atoms with Crippen molar-refractivity contribution in [2.75, 3.05) is 40.9 Å². The van der Waals surface area contributed by atoms with Crippen molar-refractivity contribution in [1.82, 2.24) is 5.32 Å². The van der Waals surface area contributed by atoms with Gasteiger partial charge in [0.15, 0.2) is 0 Å². The predicted octanol–water partition coefficient (Wildman–Crippen LogP) is 15.1.